The Morgan fingerprint density at radius 1 is 1.54 bits per heavy atom. The lowest BCUT2D eigenvalue weighted by atomic mass is 10.2. The second-order valence-corrected chi connectivity index (χ2v) is 4.51. The van der Waals surface area contributed by atoms with E-state index in [-0.39, 0.29) is 6.03 Å². The predicted molar refractivity (Wildman–Crippen MR) is 57.2 cm³/mol. The topological polar surface area (TPSA) is 41.1 Å². The van der Waals surface area contributed by atoms with Crippen LogP contribution in [0.5, 0.6) is 0 Å². The summed E-state index contributed by atoms with van der Waals surface area (Å²) in [4.78, 5) is 11.2. The molecule has 1 aliphatic rings. The molecule has 0 bridgehead atoms. The largest absolute Gasteiger partial charge is 0.338 e. The highest BCUT2D eigenvalue weighted by atomic mass is 32.2. The number of hydrogen-bond donors (Lipinski definition) is 2. The average Bonchev–Trinajstić information content (AvgIpc) is 2.52. The van der Waals surface area contributed by atoms with Crippen LogP contribution in [0.15, 0.2) is 0 Å². The fourth-order valence-electron chi connectivity index (χ4n) is 1.68. The van der Waals surface area contributed by atoms with Gasteiger partial charge in [0.1, 0.15) is 0 Å². The van der Waals surface area contributed by atoms with Crippen LogP contribution >= 0.6 is 11.8 Å². The molecule has 0 spiro atoms. The second-order valence-electron chi connectivity index (χ2n) is 3.37. The Bertz CT molecular complexity index is 175. The van der Waals surface area contributed by atoms with Crippen LogP contribution in [0.4, 0.5) is 4.79 Å². The Hall–Kier alpha value is -0.380. The number of thioether (sulfide) groups is 1. The van der Waals surface area contributed by atoms with E-state index in [1.54, 1.807) is 0 Å². The van der Waals surface area contributed by atoms with Crippen molar-refractivity contribution >= 4 is 17.8 Å². The lowest BCUT2D eigenvalue weighted by molar-refractivity contribution is 0.237. The molecule has 2 N–H and O–H groups in total. The second kappa shape index (κ2) is 5.37. The van der Waals surface area contributed by atoms with E-state index >= 15 is 0 Å². The molecule has 2 unspecified atom stereocenters. The zero-order chi connectivity index (χ0) is 9.68. The molecule has 1 aliphatic carbocycles. The van der Waals surface area contributed by atoms with Crippen LogP contribution in [0.25, 0.3) is 0 Å². The van der Waals surface area contributed by atoms with Crippen molar-refractivity contribution in [1.82, 2.24) is 10.6 Å². The van der Waals surface area contributed by atoms with Gasteiger partial charge >= 0.3 is 6.03 Å². The van der Waals surface area contributed by atoms with Crippen LogP contribution in [0, 0.1) is 0 Å². The number of urea groups is 1. The molecule has 0 aliphatic heterocycles. The van der Waals surface area contributed by atoms with Gasteiger partial charge in [0.2, 0.25) is 0 Å². The molecule has 0 saturated heterocycles. The molecule has 3 nitrogen and oxygen atoms in total. The summed E-state index contributed by atoms with van der Waals surface area (Å²) >= 11 is 1.90. The number of amides is 2. The smallest absolute Gasteiger partial charge is 0.314 e. The summed E-state index contributed by atoms with van der Waals surface area (Å²) in [5.74, 6) is 0. The van der Waals surface area contributed by atoms with E-state index in [4.69, 9.17) is 0 Å². The summed E-state index contributed by atoms with van der Waals surface area (Å²) in [6, 6.07) is 0.373. The molecule has 2 amide bonds. The molecule has 0 aromatic rings. The van der Waals surface area contributed by atoms with Crippen molar-refractivity contribution < 1.29 is 4.79 Å². The van der Waals surface area contributed by atoms with Crippen molar-refractivity contribution in [3.63, 3.8) is 0 Å². The number of nitrogens with one attached hydrogen (secondary N) is 2. The van der Waals surface area contributed by atoms with Crippen LogP contribution in [0.3, 0.4) is 0 Å². The highest BCUT2D eigenvalue weighted by molar-refractivity contribution is 7.99. The maximum Gasteiger partial charge on any atom is 0.314 e. The number of hydrogen-bond acceptors (Lipinski definition) is 2. The van der Waals surface area contributed by atoms with Gasteiger partial charge in [0.25, 0.3) is 0 Å². The Balaban J connectivity index is 2.19. The van der Waals surface area contributed by atoms with Crippen molar-refractivity contribution in [3.8, 4) is 0 Å². The van der Waals surface area contributed by atoms with Gasteiger partial charge in [0.05, 0.1) is 0 Å². The number of rotatable bonds is 3. The summed E-state index contributed by atoms with van der Waals surface area (Å²) in [5.41, 5.74) is 0. The number of carbonyl (C=O) groups excluding carboxylic acids is 1. The Labute approximate surface area is 84.0 Å². The third-order valence-electron chi connectivity index (χ3n) is 2.39. The third-order valence-corrected chi connectivity index (χ3v) is 3.49. The molecule has 1 saturated carbocycles. The van der Waals surface area contributed by atoms with Gasteiger partial charge in [-0.2, -0.15) is 11.8 Å². The first kappa shape index (κ1) is 10.7. The van der Waals surface area contributed by atoms with Gasteiger partial charge in [-0.15, -0.1) is 0 Å². The van der Waals surface area contributed by atoms with Crippen LogP contribution in [-0.4, -0.2) is 30.1 Å². The van der Waals surface area contributed by atoms with E-state index in [1.165, 1.54) is 6.42 Å². The Morgan fingerprint density at radius 2 is 2.31 bits per heavy atom. The van der Waals surface area contributed by atoms with Gasteiger partial charge in [0.15, 0.2) is 0 Å². The first-order chi connectivity index (χ1) is 6.26. The zero-order valence-electron chi connectivity index (χ0n) is 8.30. The van der Waals surface area contributed by atoms with E-state index < -0.39 is 0 Å². The third kappa shape index (κ3) is 3.46. The lowest BCUT2D eigenvalue weighted by Crippen LogP contribution is -2.40. The molecule has 0 radical (unpaired) electrons. The molecule has 76 valence electrons. The molecule has 0 aromatic heterocycles. The van der Waals surface area contributed by atoms with Crippen molar-refractivity contribution in [2.75, 3.05) is 12.8 Å². The summed E-state index contributed by atoms with van der Waals surface area (Å²) in [6.07, 6.45) is 5.62. The first-order valence-corrected chi connectivity index (χ1v) is 6.12. The fraction of sp³-hybridized carbons (Fsp3) is 0.889. The minimum Gasteiger partial charge on any atom is -0.338 e. The normalized spacial score (nSPS) is 27.2. The quantitative estimate of drug-likeness (QED) is 0.729. The van der Waals surface area contributed by atoms with E-state index in [1.807, 2.05) is 18.7 Å². The molecule has 13 heavy (non-hydrogen) atoms. The van der Waals surface area contributed by atoms with Gasteiger partial charge in [0, 0.05) is 17.8 Å². The van der Waals surface area contributed by atoms with Gasteiger partial charge in [-0.05, 0) is 32.4 Å². The van der Waals surface area contributed by atoms with Crippen molar-refractivity contribution in [2.45, 2.75) is 37.5 Å². The van der Waals surface area contributed by atoms with Crippen LogP contribution in [-0.2, 0) is 0 Å². The van der Waals surface area contributed by atoms with E-state index in [9.17, 15) is 4.79 Å². The molecule has 2 atom stereocenters. The SMILES string of the molecule is CCNC(=O)NC1CCC(SC)C1. The molecule has 0 heterocycles. The Kier molecular flexibility index (Phi) is 4.42. The minimum absolute atomic E-state index is 0.0192. The molecular formula is C9H18N2OS. The summed E-state index contributed by atoms with van der Waals surface area (Å²) < 4.78 is 0. The maximum absolute atomic E-state index is 11.2. The van der Waals surface area contributed by atoms with Crippen LogP contribution in [0.1, 0.15) is 26.2 Å². The molecule has 1 rings (SSSR count). The highest BCUT2D eigenvalue weighted by Gasteiger charge is 2.24. The van der Waals surface area contributed by atoms with Crippen LogP contribution in [0.2, 0.25) is 0 Å². The van der Waals surface area contributed by atoms with Gasteiger partial charge in [-0.1, -0.05) is 0 Å². The fourth-order valence-corrected chi connectivity index (χ4v) is 2.48. The highest BCUT2D eigenvalue weighted by Crippen LogP contribution is 2.27. The predicted octanol–water partition coefficient (Wildman–Crippen LogP) is 1.59. The number of carbonyl (C=O) groups is 1. The maximum atomic E-state index is 11.2. The average molecular weight is 202 g/mol. The van der Waals surface area contributed by atoms with E-state index in [0.717, 1.165) is 18.1 Å². The molecular weight excluding hydrogens is 184 g/mol. The minimum atomic E-state index is -0.0192. The monoisotopic (exact) mass is 202 g/mol. The van der Waals surface area contributed by atoms with Gasteiger partial charge in [-0.3, -0.25) is 0 Å². The summed E-state index contributed by atoms with van der Waals surface area (Å²) in [6.45, 7) is 2.63. The Morgan fingerprint density at radius 3 is 2.85 bits per heavy atom. The van der Waals surface area contributed by atoms with Crippen molar-refractivity contribution in [3.05, 3.63) is 0 Å². The van der Waals surface area contributed by atoms with Crippen LogP contribution < -0.4 is 10.6 Å². The van der Waals surface area contributed by atoms with E-state index in [2.05, 4.69) is 16.9 Å². The van der Waals surface area contributed by atoms with Crippen molar-refractivity contribution in [1.29, 1.82) is 0 Å². The molecule has 0 aromatic carbocycles. The summed E-state index contributed by atoms with van der Waals surface area (Å²) in [7, 11) is 0. The van der Waals surface area contributed by atoms with Crippen molar-refractivity contribution in [2.24, 2.45) is 0 Å². The summed E-state index contributed by atoms with van der Waals surface area (Å²) in [5, 5.41) is 6.47. The van der Waals surface area contributed by atoms with Gasteiger partial charge in [-0.25, -0.2) is 4.79 Å². The standard InChI is InChI=1S/C9H18N2OS/c1-3-10-9(12)11-7-4-5-8(6-7)13-2/h7-8H,3-6H2,1-2H3,(H2,10,11,12). The lowest BCUT2D eigenvalue weighted by Gasteiger charge is -2.12. The molecule has 4 heteroatoms. The van der Waals surface area contributed by atoms with E-state index in [0.29, 0.717) is 12.6 Å². The molecule has 1 fully saturated rings. The first-order valence-electron chi connectivity index (χ1n) is 4.83. The zero-order valence-corrected chi connectivity index (χ0v) is 9.12. The van der Waals surface area contributed by atoms with Gasteiger partial charge < -0.3 is 10.6 Å².